The van der Waals surface area contributed by atoms with Gasteiger partial charge in [-0.3, -0.25) is 0 Å². The van der Waals surface area contributed by atoms with Crippen molar-refractivity contribution in [2.75, 3.05) is 5.32 Å². The summed E-state index contributed by atoms with van der Waals surface area (Å²) in [7, 11) is 0. The standard InChI is InChI=1S/C14H8BrF3N2O/c15-10-4-3-6-11(9(10)8-19)20-12-5-1-2-7-13(12)21-14(16,17)18/h1-7,20H. The third-order valence-corrected chi connectivity index (χ3v) is 3.17. The molecule has 0 spiro atoms. The minimum atomic E-state index is -4.78. The highest BCUT2D eigenvalue weighted by Gasteiger charge is 2.32. The van der Waals surface area contributed by atoms with Gasteiger partial charge in [0.15, 0.2) is 5.75 Å². The molecule has 0 atom stereocenters. The molecule has 2 aromatic rings. The van der Waals surface area contributed by atoms with Gasteiger partial charge in [-0.1, -0.05) is 18.2 Å². The van der Waals surface area contributed by atoms with E-state index in [4.69, 9.17) is 5.26 Å². The third-order valence-electron chi connectivity index (χ3n) is 2.51. The number of nitriles is 1. The summed E-state index contributed by atoms with van der Waals surface area (Å²) in [4.78, 5) is 0. The lowest BCUT2D eigenvalue weighted by molar-refractivity contribution is -0.274. The first-order chi connectivity index (χ1) is 9.90. The largest absolute Gasteiger partial charge is 0.573 e. The molecule has 0 aromatic heterocycles. The number of halogens is 4. The summed E-state index contributed by atoms with van der Waals surface area (Å²) in [5.74, 6) is -0.367. The molecule has 0 radical (unpaired) electrons. The molecule has 0 aliphatic rings. The highest BCUT2D eigenvalue weighted by atomic mass is 79.9. The maximum Gasteiger partial charge on any atom is 0.573 e. The van der Waals surface area contributed by atoms with Gasteiger partial charge in [-0.15, -0.1) is 13.2 Å². The van der Waals surface area contributed by atoms with E-state index in [1.807, 2.05) is 6.07 Å². The number of nitrogens with one attached hydrogen (secondary N) is 1. The average molecular weight is 357 g/mol. The summed E-state index contributed by atoms with van der Waals surface area (Å²) in [5, 5.41) is 11.9. The minimum absolute atomic E-state index is 0.115. The molecule has 0 saturated carbocycles. The Morgan fingerprint density at radius 3 is 2.38 bits per heavy atom. The Bertz CT molecular complexity index is 695. The van der Waals surface area contributed by atoms with Crippen LogP contribution < -0.4 is 10.1 Å². The van der Waals surface area contributed by atoms with Crippen LogP contribution in [0.5, 0.6) is 5.75 Å². The first kappa shape index (κ1) is 15.2. The van der Waals surface area contributed by atoms with E-state index in [1.165, 1.54) is 18.2 Å². The first-order valence-electron chi connectivity index (χ1n) is 5.71. The number of rotatable bonds is 3. The normalized spacial score (nSPS) is 10.8. The summed E-state index contributed by atoms with van der Waals surface area (Å²) in [6.07, 6.45) is -4.78. The molecule has 0 amide bonds. The summed E-state index contributed by atoms with van der Waals surface area (Å²) >= 11 is 3.21. The molecule has 2 rings (SSSR count). The van der Waals surface area contributed by atoms with Gasteiger partial charge in [-0.2, -0.15) is 5.26 Å². The molecule has 1 N–H and O–H groups in total. The van der Waals surface area contributed by atoms with E-state index in [2.05, 4.69) is 26.0 Å². The van der Waals surface area contributed by atoms with Gasteiger partial charge in [-0.05, 0) is 40.2 Å². The predicted octanol–water partition coefficient (Wildman–Crippen LogP) is 4.96. The van der Waals surface area contributed by atoms with Crippen molar-refractivity contribution in [1.82, 2.24) is 0 Å². The summed E-state index contributed by atoms with van der Waals surface area (Å²) in [5.41, 5.74) is 0.786. The molecule has 0 heterocycles. The van der Waals surface area contributed by atoms with Crippen molar-refractivity contribution in [3.63, 3.8) is 0 Å². The van der Waals surface area contributed by atoms with Gasteiger partial charge < -0.3 is 10.1 Å². The Labute approximate surface area is 127 Å². The van der Waals surface area contributed by atoms with E-state index >= 15 is 0 Å². The zero-order valence-electron chi connectivity index (χ0n) is 10.4. The van der Waals surface area contributed by atoms with Crippen LogP contribution in [0.2, 0.25) is 0 Å². The van der Waals surface area contributed by atoms with Crippen molar-refractivity contribution in [2.45, 2.75) is 6.36 Å². The lowest BCUT2D eigenvalue weighted by Crippen LogP contribution is -2.17. The summed E-state index contributed by atoms with van der Waals surface area (Å²) in [6, 6.07) is 12.5. The molecule has 0 fully saturated rings. The number of hydrogen-bond donors (Lipinski definition) is 1. The van der Waals surface area contributed by atoms with Gasteiger partial charge in [0, 0.05) is 4.47 Å². The fraction of sp³-hybridized carbons (Fsp3) is 0.0714. The lowest BCUT2D eigenvalue weighted by atomic mass is 10.2. The quantitative estimate of drug-likeness (QED) is 0.844. The van der Waals surface area contributed by atoms with Crippen LogP contribution in [-0.2, 0) is 0 Å². The number of nitrogens with zero attached hydrogens (tertiary/aromatic N) is 1. The van der Waals surface area contributed by atoms with Crippen molar-refractivity contribution >= 4 is 27.3 Å². The number of anilines is 2. The van der Waals surface area contributed by atoms with Crippen LogP contribution in [0, 0.1) is 11.3 Å². The second-order valence-corrected chi connectivity index (χ2v) is 4.80. The number of ether oxygens (including phenoxy) is 1. The Kier molecular flexibility index (Phi) is 4.38. The van der Waals surface area contributed by atoms with Crippen molar-refractivity contribution in [3.05, 3.63) is 52.5 Å². The smallest absolute Gasteiger partial charge is 0.404 e. The molecule has 21 heavy (non-hydrogen) atoms. The Balaban J connectivity index is 2.37. The summed E-state index contributed by atoms with van der Waals surface area (Å²) in [6.45, 7) is 0. The van der Waals surface area contributed by atoms with Crippen LogP contribution in [0.1, 0.15) is 5.56 Å². The van der Waals surface area contributed by atoms with Crippen LogP contribution >= 0.6 is 15.9 Å². The van der Waals surface area contributed by atoms with Crippen molar-refractivity contribution in [2.24, 2.45) is 0 Å². The molecule has 2 aromatic carbocycles. The maximum atomic E-state index is 12.4. The molecule has 7 heteroatoms. The predicted molar refractivity (Wildman–Crippen MR) is 75.3 cm³/mol. The van der Waals surface area contributed by atoms with Gasteiger partial charge in [0.05, 0.1) is 16.9 Å². The second-order valence-electron chi connectivity index (χ2n) is 3.94. The fourth-order valence-corrected chi connectivity index (χ4v) is 2.13. The topological polar surface area (TPSA) is 45.0 Å². The minimum Gasteiger partial charge on any atom is -0.404 e. The SMILES string of the molecule is N#Cc1c(Br)cccc1Nc1ccccc1OC(F)(F)F. The highest BCUT2D eigenvalue weighted by molar-refractivity contribution is 9.10. The van der Waals surface area contributed by atoms with Gasteiger partial charge in [0.2, 0.25) is 0 Å². The van der Waals surface area contributed by atoms with Crippen LogP contribution in [0.3, 0.4) is 0 Å². The van der Waals surface area contributed by atoms with E-state index in [0.717, 1.165) is 0 Å². The lowest BCUT2D eigenvalue weighted by Gasteiger charge is -2.15. The molecular formula is C14H8BrF3N2O. The molecule has 0 aliphatic carbocycles. The number of para-hydroxylation sites is 2. The fourth-order valence-electron chi connectivity index (χ4n) is 1.67. The van der Waals surface area contributed by atoms with E-state index in [9.17, 15) is 13.2 Å². The number of hydrogen-bond acceptors (Lipinski definition) is 3. The zero-order valence-corrected chi connectivity index (χ0v) is 12.0. The van der Waals surface area contributed by atoms with E-state index < -0.39 is 6.36 Å². The average Bonchev–Trinajstić information content (AvgIpc) is 2.40. The van der Waals surface area contributed by atoms with Crippen LogP contribution in [0.15, 0.2) is 46.9 Å². The van der Waals surface area contributed by atoms with E-state index in [1.54, 1.807) is 24.3 Å². The van der Waals surface area contributed by atoms with E-state index in [-0.39, 0.29) is 11.4 Å². The maximum absolute atomic E-state index is 12.4. The second kappa shape index (κ2) is 6.06. The summed E-state index contributed by atoms with van der Waals surface area (Å²) < 4.78 is 41.6. The van der Waals surface area contributed by atoms with Gasteiger partial charge >= 0.3 is 6.36 Å². The zero-order chi connectivity index (χ0) is 15.5. The molecular weight excluding hydrogens is 349 g/mol. The van der Waals surface area contributed by atoms with Crippen LogP contribution in [-0.4, -0.2) is 6.36 Å². The number of alkyl halides is 3. The van der Waals surface area contributed by atoms with Crippen molar-refractivity contribution in [3.8, 4) is 11.8 Å². The van der Waals surface area contributed by atoms with Crippen molar-refractivity contribution < 1.29 is 17.9 Å². The van der Waals surface area contributed by atoms with Gasteiger partial charge in [0.25, 0.3) is 0 Å². The molecule has 3 nitrogen and oxygen atoms in total. The van der Waals surface area contributed by atoms with Gasteiger partial charge in [0.1, 0.15) is 6.07 Å². The number of benzene rings is 2. The van der Waals surface area contributed by atoms with Gasteiger partial charge in [-0.25, -0.2) is 0 Å². The van der Waals surface area contributed by atoms with E-state index in [0.29, 0.717) is 15.7 Å². The molecule has 0 aliphatic heterocycles. The molecule has 108 valence electrons. The Morgan fingerprint density at radius 1 is 1.05 bits per heavy atom. The highest BCUT2D eigenvalue weighted by Crippen LogP contribution is 2.34. The van der Waals surface area contributed by atoms with Crippen molar-refractivity contribution in [1.29, 1.82) is 5.26 Å². The Hall–Kier alpha value is -2.20. The first-order valence-corrected chi connectivity index (χ1v) is 6.50. The monoisotopic (exact) mass is 356 g/mol. The van der Waals surface area contributed by atoms with Crippen LogP contribution in [0.4, 0.5) is 24.5 Å². The molecule has 0 unspecified atom stereocenters. The third kappa shape index (κ3) is 3.89. The Morgan fingerprint density at radius 2 is 1.71 bits per heavy atom. The molecule has 0 bridgehead atoms. The van der Waals surface area contributed by atoms with Crippen LogP contribution in [0.25, 0.3) is 0 Å². The molecule has 0 saturated heterocycles.